The van der Waals surface area contributed by atoms with Crippen molar-refractivity contribution in [1.82, 2.24) is 19.5 Å². The molecule has 4 N–H and O–H groups in total. The van der Waals surface area contributed by atoms with Gasteiger partial charge in [-0.25, -0.2) is 9.55 Å². The van der Waals surface area contributed by atoms with Crippen LogP contribution in [-0.4, -0.2) is 54.4 Å². The van der Waals surface area contributed by atoms with Crippen molar-refractivity contribution in [3.8, 4) is 0 Å². The molecule has 2 aliphatic heterocycles. The van der Waals surface area contributed by atoms with Gasteiger partial charge in [0.15, 0.2) is 17.4 Å². The molecule has 2 unspecified atom stereocenters. The molecule has 2 aliphatic rings. The number of phosphoric acid groups is 1. The Morgan fingerprint density at radius 2 is 2.06 bits per heavy atom. The third kappa shape index (κ3) is 4.87. The Hall–Kier alpha value is -1.82. The molecule has 4 rings (SSSR count). The summed E-state index contributed by atoms with van der Waals surface area (Å²) in [5, 5.41) is 0. The predicted molar refractivity (Wildman–Crippen MR) is 119 cm³/mol. The minimum Gasteiger partial charge on any atom is -0.371 e. The third-order valence-corrected chi connectivity index (χ3v) is 6.75. The molecular formula is C20H32N5O7P. The second kappa shape index (κ2) is 7.86. The Labute approximate surface area is 191 Å². The van der Waals surface area contributed by atoms with Gasteiger partial charge in [0, 0.05) is 6.42 Å². The van der Waals surface area contributed by atoms with Crippen LogP contribution in [0.1, 0.15) is 60.6 Å². The van der Waals surface area contributed by atoms with Gasteiger partial charge in [-0.05, 0) is 32.6 Å². The van der Waals surface area contributed by atoms with Gasteiger partial charge in [-0.2, -0.15) is 4.98 Å². The first kappa shape index (κ1) is 24.3. The number of nitrogens with zero attached hydrogens (tertiary/aromatic N) is 3. The Morgan fingerprint density at radius 3 is 2.70 bits per heavy atom. The average Bonchev–Trinajstić information content (AvgIpc) is 3.06. The lowest BCUT2D eigenvalue weighted by molar-refractivity contribution is -0.137. The number of nitrogen functional groups attached to an aromatic ring is 1. The van der Waals surface area contributed by atoms with Gasteiger partial charge in [0.1, 0.15) is 17.8 Å². The van der Waals surface area contributed by atoms with Crippen molar-refractivity contribution in [3.05, 3.63) is 16.7 Å². The fraction of sp³-hybridized carbons (Fsp3) is 0.750. The number of imidazole rings is 1. The van der Waals surface area contributed by atoms with E-state index in [0.717, 1.165) is 0 Å². The van der Waals surface area contributed by atoms with E-state index in [1.165, 1.54) is 6.33 Å². The lowest BCUT2D eigenvalue weighted by Gasteiger charge is -2.42. The van der Waals surface area contributed by atoms with Crippen LogP contribution < -0.4 is 11.3 Å². The number of nitrogens with two attached hydrogens (primary N) is 1. The molecule has 0 radical (unpaired) electrons. The first-order chi connectivity index (χ1) is 15.1. The van der Waals surface area contributed by atoms with Crippen LogP contribution in [0.2, 0.25) is 0 Å². The van der Waals surface area contributed by atoms with E-state index in [1.807, 2.05) is 0 Å². The van der Waals surface area contributed by atoms with E-state index < -0.39 is 43.0 Å². The average molecular weight is 485 g/mol. The highest BCUT2D eigenvalue weighted by Crippen LogP contribution is 2.58. The summed E-state index contributed by atoms with van der Waals surface area (Å²) >= 11 is 0. The molecule has 0 aromatic carbocycles. The SMILES string of the molecule is CC(C)(C)C[C@@]12CCOC([C@H](n3cnc4c(=O)[nH]c(N)nc43)O1)[C@H]2OP(=O)(O)OC(C)(C)C. The van der Waals surface area contributed by atoms with Crippen molar-refractivity contribution in [2.75, 3.05) is 12.3 Å². The molecule has 4 heterocycles. The van der Waals surface area contributed by atoms with Crippen LogP contribution in [0, 0.1) is 5.41 Å². The lowest BCUT2D eigenvalue weighted by atomic mass is 9.76. The van der Waals surface area contributed by atoms with Crippen molar-refractivity contribution in [3.63, 3.8) is 0 Å². The monoisotopic (exact) mass is 485 g/mol. The number of hydrogen-bond donors (Lipinski definition) is 3. The van der Waals surface area contributed by atoms with E-state index >= 15 is 0 Å². The van der Waals surface area contributed by atoms with Crippen molar-refractivity contribution in [2.45, 2.75) is 84.0 Å². The summed E-state index contributed by atoms with van der Waals surface area (Å²) in [6.45, 7) is 11.5. The van der Waals surface area contributed by atoms with Gasteiger partial charge in [-0.1, -0.05) is 20.8 Å². The number of fused-ring (bicyclic) bond motifs is 3. The predicted octanol–water partition coefficient (Wildman–Crippen LogP) is 2.50. The molecule has 2 bridgehead atoms. The highest BCUT2D eigenvalue weighted by Gasteiger charge is 2.62. The van der Waals surface area contributed by atoms with Crippen LogP contribution in [-0.2, 0) is 23.1 Å². The van der Waals surface area contributed by atoms with E-state index in [4.69, 9.17) is 24.3 Å². The number of rotatable bonds is 5. The van der Waals surface area contributed by atoms with E-state index in [1.54, 1.807) is 25.3 Å². The maximum absolute atomic E-state index is 12.9. The van der Waals surface area contributed by atoms with Gasteiger partial charge in [0.25, 0.3) is 5.56 Å². The van der Waals surface area contributed by atoms with Gasteiger partial charge in [0.05, 0.1) is 18.5 Å². The summed E-state index contributed by atoms with van der Waals surface area (Å²) < 4.78 is 38.2. The maximum atomic E-state index is 12.9. The number of nitrogens with one attached hydrogen (secondary N) is 1. The molecule has 2 aromatic rings. The highest BCUT2D eigenvalue weighted by molar-refractivity contribution is 7.47. The molecule has 33 heavy (non-hydrogen) atoms. The molecule has 0 spiro atoms. The van der Waals surface area contributed by atoms with E-state index in [2.05, 4.69) is 35.7 Å². The largest absolute Gasteiger partial charge is 0.473 e. The second-order valence-electron chi connectivity index (χ2n) is 10.9. The molecule has 0 saturated carbocycles. The van der Waals surface area contributed by atoms with Crippen LogP contribution in [0.5, 0.6) is 0 Å². The van der Waals surface area contributed by atoms with E-state index in [0.29, 0.717) is 19.4 Å². The zero-order valence-corrected chi connectivity index (χ0v) is 20.6. The first-order valence-corrected chi connectivity index (χ1v) is 12.3. The molecule has 0 aliphatic carbocycles. The van der Waals surface area contributed by atoms with Crippen molar-refractivity contribution in [1.29, 1.82) is 0 Å². The minimum absolute atomic E-state index is 0.0632. The number of aromatic amines is 1. The minimum atomic E-state index is -4.47. The van der Waals surface area contributed by atoms with Gasteiger partial charge in [-0.3, -0.25) is 23.4 Å². The molecule has 5 atom stereocenters. The molecule has 2 fully saturated rings. The summed E-state index contributed by atoms with van der Waals surface area (Å²) in [5.74, 6) is -0.0632. The van der Waals surface area contributed by atoms with Crippen LogP contribution in [0.3, 0.4) is 0 Å². The molecule has 2 saturated heterocycles. The Morgan fingerprint density at radius 1 is 1.36 bits per heavy atom. The molecule has 13 heteroatoms. The van der Waals surface area contributed by atoms with E-state index in [9.17, 15) is 14.3 Å². The topological polar surface area (TPSA) is 164 Å². The van der Waals surface area contributed by atoms with Gasteiger partial charge < -0.3 is 20.1 Å². The molecule has 184 valence electrons. The van der Waals surface area contributed by atoms with Gasteiger partial charge >= 0.3 is 7.82 Å². The quantitative estimate of drug-likeness (QED) is 0.536. The Kier molecular flexibility index (Phi) is 5.79. The van der Waals surface area contributed by atoms with Crippen LogP contribution >= 0.6 is 7.82 Å². The maximum Gasteiger partial charge on any atom is 0.473 e. The zero-order valence-electron chi connectivity index (χ0n) is 19.7. The lowest BCUT2D eigenvalue weighted by Crippen LogP contribution is -2.51. The number of anilines is 1. The van der Waals surface area contributed by atoms with Crippen molar-refractivity contribution < 1.29 is 28.0 Å². The number of aromatic nitrogens is 4. The number of ether oxygens (including phenoxy) is 2. The Balaban J connectivity index is 1.78. The number of hydrogen-bond acceptors (Lipinski definition) is 9. The Bertz CT molecular complexity index is 1150. The summed E-state index contributed by atoms with van der Waals surface area (Å²) in [4.78, 5) is 33.6. The fourth-order valence-electron chi connectivity index (χ4n) is 4.70. The first-order valence-electron chi connectivity index (χ1n) is 10.8. The fourth-order valence-corrected chi connectivity index (χ4v) is 6.04. The number of phosphoric ester groups is 1. The molecule has 0 amide bonds. The van der Waals surface area contributed by atoms with Crippen LogP contribution in [0.4, 0.5) is 5.95 Å². The van der Waals surface area contributed by atoms with Crippen LogP contribution in [0.15, 0.2) is 11.1 Å². The highest BCUT2D eigenvalue weighted by atomic mass is 31.2. The summed E-state index contributed by atoms with van der Waals surface area (Å²) in [6.07, 6.45) is -0.101. The normalized spacial score (nSPS) is 30.0. The molecule has 2 aromatic heterocycles. The summed E-state index contributed by atoms with van der Waals surface area (Å²) in [6, 6.07) is 0. The standard InChI is InChI=1S/C20H32N5O7P/c1-18(2,3)9-20-7-8-29-12(13(20)31-33(27,28)32-19(4,5)6)16(30-20)25-10-22-11-14(25)23-17(21)24-15(11)26/h10,12-13,16H,7-9H2,1-6H3,(H,27,28)(H3,21,23,24,26)/t12?,13-,16-,20-/m1/s1. The van der Waals surface area contributed by atoms with Gasteiger partial charge in [0.2, 0.25) is 5.95 Å². The zero-order chi connectivity index (χ0) is 24.4. The van der Waals surface area contributed by atoms with Crippen LogP contribution in [0.25, 0.3) is 11.2 Å². The second-order valence-corrected chi connectivity index (χ2v) is 12.2. The smallest absolute Gasteiger partial charge is 0.371 e. The number of H-pyrrole nitrogens is 1. The molecule has 12 nitrogen and oxygen atoms in total. The van der Waals surface area contributed by atoms with Crippen molar-refractivity contribution >= 4 is 24.9 Å². The van der Waals surface area contributed by atoms with Crippen molar-refractivity contribution in [2.24, 2.45) is 5.41 Å². The summed E-state index contributed by atoms with van der Waals surface area (Å²) in [5.41, 5.74) is 3.55. The van der Waals surface area contributed by atoms with Gasteiger partial charge in [-0.15, -0.1) is 0 Å². The summed E-state index contributed by atoms with van der Waals surface area (Å²) in [7, 11) is -4.47. The third-order valence-electron chi connectivity index (χ3n) is 5.48. The molecular weight excluding hydrogens is 453 g/mol. The van der Waals surface area contributed by atoms with E-state index in [-0.39, 0.29) is 22.5 Å².